The Bertz CT molecular complexity index is 481. The standard InChI is InChI=1S/C15H19NO2/c1-11(2)9-15(18)16-14-7-6-13(5-4-8-17)12(3)10-14/h6-7,10-11,17H,8-9H2,1-3H3,(H,16,18). The summed E-state index contributed by atoms with van der Waals surface area (Å²) in [7, 11) is 0. The zero-order valence-electron chi connectivity index (χ0n) is 11.1. The summed E-state index contributed by atoms with van der Waals surface area (Å²) in [5, 5.41) is 11.5. The van der Waals surface area contributed by atoms with Gasteiger partial charge in [-0.05, 0) is 36.6 Å². The van der Waals surface area contributed by atoms with Gasteiger partial charge in [-0.2, -0.15) is 0 Å². The van der Waals surface area contributed by atoms with E-state index >= 15 is 0 Å². The molecule has 0 fully saturated rings. The van der Waals surface area contributed by atoms with E-state index in [9.17, 15) is 4.79 Å². The van der Waals surface area contributed by atoms with E-state index in [1.54, 1.807) is 0 Å². The normalized spacial score (nSPS) is 9.83. The quantitative estimate of drug-likeness (QED) is 0.803. The minimum absolute atomic E-state index is 0.0265. The summed E-state index contributed by atoms with van der Waals surface area (Å²) in [6, 6.07) is 5.56. The zero-order chi connectivity index (χ0) is 13.5. The molecular weight excluding hydrogens is 226 g/mol. The maximum absolute atomic E-state index is 11.6. The Morgan fingerprint density at radius 2 is 2.17 bits per heavy atom. The molecule has 0 bridgehead atoms. The van der Waals surface area contributed by atoms with Gasteiger partial charge >= 0.3 is 0 Å². The van der Waals surface area contributed by atoms with Crippen LogP contribution in [0.15, 0.2) is 18.2 Å². The number of hydrogen-bond acceptors (Lipinski definition) is 2. The second-order valence-corrected chi connectivity index (χ2v) is 4.64. The largest absolute Gasteiger partial charge is 0.384 e. The third kappa shape index (κ3) is 4.60. The van der Waals surface area contributed by atoms with Crippen molar-refractivity contribution in [2.24, 2.45) is 5.92 Å². The molecule has 0 aliphatic heterocycles. The molecule has 0 aromatic heterocycles. The lowest BCUT2D eigenvalue weighted by atomic mass is 10.1. The summed E-state index contributed by atoms with van der Waals surface area (Å²) in [5.74, 6) is 5.85. The fraction of sp³-hybridized carbons (Fsp3) is 0.400. The molecule has 1 rings (SSSR count). The molecule has 1 aromatic rings. The summed E-state index contributed by atoms with van der Waals surface area (Å²) >= 11 is 0. The second kappa shape index (κ2) is 6.83. The van der Waals surface area contributed by atoms with Crippen LogP contribution >= 0.6 is 0 Å². The summed E-state index contributed by atoms with van der Waals surface area (Å²) < 4.78 is 0. The van der Waals surface area contributed by atoms with Crippen molar-refractivity contribution in [1.82, 2.24) is 0 Å². The second-order valence-electron chi connectivity index (χ2n) is 4.64. The van der Waals surface area contributed by atoms with Crippen molar-refractivity contribution in [2.45, 2.75) is 27.2 Å². The summed E-state index contributed by atoms with van der Waals surface area (Å²) in [6.45, 7) is 5.81. The minimum atomic E-state index is -0.147. The number of anilines is 1. The highest BCUT2D eigenvalue weighted by Crippen LogP contribution is 2.15. The predicted molar refractivity (Wildman–Crippen MR) is 73.2 cm³/mol. The van der Waals surface area contributed by atoms with Gasteiger partial charge in [-0.25, -0.2) is 0 Å². The first-order valence-electron chi connectivity index (χ1n) is 6.03. The third-order valence-corrected chi connectivity index (χ3v) is 2.41. The number of benzene rings is 1. The monoisotopic (exact) mass is 245 g/mol. The zero-order valence-corrected chi connectivity index (χ0v) is 11.1. The molecule has 1 amide bonds. The van der Waals surface area contributed by atoms with Crippen molar-refractivity contribution in [1.29, 1.82) is 0 Å². The minimum Gasteiger partial charge on any atom is -0.384 e. The van der Waals surface area contributed by atoms with Crippen molar-refractivity contribution in [2.75, 3.05) is 11.9 Å². The van der Waals surface area contributed by atoms with E-state index in [1.165, 1.54) is 0 Å². The van der Waals surface area contributed by atoms with Gasteiger partial charge in [0.15, 0.2) is 0 Å². The van der Waals surface area contributed by atoms with Crippen LogP contribution in [0.3, 0.4) is 0 Å². The Labute approximate surface area is 108 Å². The number of rotatable bonds is 3. The van der Waals surface area contributed by atoms with Crippen molar-refractivity contribution in [3.8, 4) is 11.8 Å². The van der Waals surface area contributed by atoms with E-state index in [0.29, 0.717) is 12.3 Å². The number of aryl methyl sites for hydroxylation is 1. The van der Waals surface area contributed by atoms with Crippen LogP contribution in [0, 0.1) is 24.7 Å². The van der Waals surface area contributed by atoms with E-state index in [1.807, 2.05) is 39.0 Å². The number of amides is 1. The van der Waals surface area contributed by atoms with Crippen molar-refractivity contribution in [3.63, 3.8) is 0 Å². The third-order valence-electron chi connectivity index (χ3n) is 2.41. The molecule has 18 heavy (non-hydrogen) atoms. The van der Waals surface area contributed by atoms with Crippen LogP contribution in [-0.4, -0.2) is 17.6 Å². The fourth-order valence-corrected chi connectivity index (χ4v) is 1.60. The van der Waals surface area contributed by atoms with Crippen LogP contribution in [0.4, 0.5) is 5.69 Å². The molecule has 96 valence electrons. The highest BCUT2D eigenvalue weighted by Gasteiger charge is 2.05. The molecule has 0 spiro atoms. The van der Waals surface area contributed by atoms with Crippen molar-refractivity contribution < 1.29 is 9.90 Å². The Hall–Kier alpha value is -1.79. The molecule has 2 N–H and O–H groups in total. The number of nitrogens with one attached hydrogen (secondary N) is 1. The highest BCUT2D eigenvalue weighted by atomic mass is 16.2. The lowest BCUT2D eigenvalue weighted by Crippen LogP contribution is -2.13. The first-order valence-corrected chi connectivity index (χ1v) is 6.03. The van der Waals surface area contributed by atoms with Gasteiger partial charge in [-0.15, -0.1) is 0 Å². The molecule has 0 atom stereocenters. The van der Waals surface area contributed by atoms with Gasteiger partial charge in [-0.3, -0.25) is 4.79 Å². The fourth-order valence-electron chi connectivity index (χ4n) is 1.60. The van der Waals surface area contributed by atoms with E-state index in [2.05, 4.69) is 17.2 Å². The molecule has 0 radical (unpaired) electrons. The molecular formula is C15H19NO2. The van der Waals surface area contributed by atoms with Gasteiger partial charge in [0.25, 0.3) is 0 Å². The van der Waals surface area contributed by atoms with Crippen LogP contribution in [-0.2, 0) is 4.79 Å². The highest BCUT2D eigenvalue weighted by molar-refractivity contribution is 5.91. The van der Waals surface area contributed by atoms with Crippen LogP contribution < -0.4 is 5.32 Å². The van der Waals surface area contributed by atoms with Crippen LogP contribution in [0.1, 0.15) is 31.4 Å². The Morgan fingerprint density at radius 1 is 1.44 bits per heavy atom. The maximum atomic E-state index is 11.6. The topological polar surface area (TPSA) is 49.3 Å². The van der Waals surface area contributed by atoms with Gasteiger partial charge < -0.3 is 10.4 Å². The summed E-state index contributed by atoms with van der Waals surface area (Å²) in [6.07, 6.45) is 0.519. The smallest absolute Gasteiger partial charge is 0.224 e. The van der Waals surface area contributed by atoms with Gasteiger partial charge in [0.1, 0.15) is 6.61 Å². The molecule has 3 heteroatoms. The molecule has 0 unspecified atom stereocenters. The molecule has 0 aliphatic rings. The average molecular weight is 245 g/mol. The van der Waals surface area contributed by atoms with E-state index < -0.39 is 0 Å². The number of aliphatic hydroxyl groups excluding tert-OH is 1. The van der Waals surface area contributed by atoms with E-state index in [0.717, 1.165) is 16.8 Å². The van der Waals surface area contributed by atoms with Gasteiger partial charge in [0.2, 0.25) is 5.91 Å². The Kier molecular flexibility index (Phi) is 5.41. The first kappa shape index (κ1) is 14.3. The van der Waals surface area contributed by atoms with Crippen molar-refractivity contribution >= 4 is 11.6 Å². The van der Waals surface area contributed by atoms with Gasteiger partial charge in [0, 0.05) is 17.7 Å². The maximum Gasteiger partial charge on any atom is 0.224 e. The van der Waals surface area contributed by atoms with Crippen LogP contribution in [0.2, 0.25) is 0 Å². The first-order chi connectivity index (χ1) is 8.52. The van der Waals surface area contributed by atoms with Crippen molar-refractivity contribution in [3.05, 3.63) is 29.3 Å². The van der Waals surface area contributed by atoms with Gasteiger partial charge in [-0.1, -0.05) is 25.7 Å². The van der Waals surface area contributed by atoms with Crippen LogP contribution in [0.5, 0.6) is 0 Å². The molecule has 1 aromatic carbocycles. The number of hydrogen-bond donors (Lipinski definition) is 2. The van der Waals surface area contributed by atoms with E-state index in [4.69, 9.17) is 5.11 Å². The molecule has 0 heterocycles. The van der Waals surface area contributed by atoms with E-state index in [-0.39, 0.29) is 12.5 Å². The van der Waals surface area contributed by atoms with Crippen LogP contribution in [0.25, 0.3) is 0 Å². The van der Waals surface area contributed by atoms with Gasteiger partial charge in [0.05, 0.1) is 0 Å². The Morgan fingerprint density at radius 3 is 2.72 bits per heavy atom. The predicted octanol–water partition coefficient (Wildman–Crippen LogP) is 2.32. The average Bonchev–Trinajstić information content (AvgIpc) is 2.26. The summed E-state index contributed by atoms with van der Waals surface area (Å²) in [4.78, 5) is 11.6. The lowest BCUT2D eigenvalue weighted by molar-refractivity contribution is -0.116. The Balaban J connectivity index is 2.75. The SMILES string of the molecule is Cc1cc(NC(=O)CC(C)C)ccc1C#CCO. The molecule has 3 nitrogen and oxygen atoms in total. The molecule has 0 saturated carbocycles. The number of aliphatic hydroxyl groups is 1. The number of carbonyl (C=O) groups excluding carboxylic acids is 1. The lowest BCUT2D eigenvalue weighted by Gasteiger charge is -2.08. The summed E-state index contributed by atoms with van der Waals surface area (Å²) in [5.41, 5.74) is 2.64. The number of carbonyl (C=O) groups is 1. The molecule has 0 aliphatic carbocycles. The molecule has 0 saturated heterocycles.